The summed E-state index contributed by atoms with van der Waals surface area (Å²) < 4.78 is -0.0846. The molecule has 1 aliphatic rings. The number of amides is 1. The second kappa shape index (κ2) is 9.48. The second-order valence-corrected chi connectivity index (χ2v) is 22.4. The van der Waals surface area contributed by atoms with Gasteiger partial charge in [-0.2, -0.15) is 0 Å². The Bertz CT molecular complexity index is 535. The van der Waals surface area contributed by atoms with Crippen LogP contribution in [0.4, 0.5) is 0 Å². The molecule has 0 spiro atoms. The van der Waals surface area contributed by atoms with Crippen molar-refractivity contribution in [3.05, 3.63) is 24.3 Å². The summed E-state index contributed by atoms with van der Waals surface area (Å²) >= 11 is 6.52. The molecule has 2 rings (SSSR count). The molecule has 1 heterocycles. The lowest BCUT2D eigenvalue weighted by atomic mass is 9.86. The molecule has 2 atom stereocenters. The molecule has 1 aromatic heterocycles. The lowest BCUT2D eigenvalue weighted by molar-refractivity contribution is 0.0918. The molecular weight excluding hydrogens is 531 g/mol. The number of nitrogens with zero attached hydrogens (tertiary/aromatic N) is 2. The minimum Gasteiger partial charge on any atom is -0.348 e. The highest BCUT2D eigenvalue weighted by molar-refractivity contribution is 14.3. The van der Waals surface area contributed by atoms with E-state index in [9.17, 15) is 4.79 Å². The van der Waals surface area contributed by atoms with Gasteiger partial charge in [-0.05, 0) is 80.0 Å². The topological polar surface area (TPSA) is 54.9 Å². The zero-order valence-corrected chi connectivity index (χ0v) is 17.2. The smallest absolute Gasteiger partial charge is 0.271 e. The van der Waals surface area contributed by atoms with Gasteiger partial charge in [0.15, 0.2) is 0 Å². The summed E-state index contributed by atoms with van der Waals surface area (Å²) in [5, 5.41) is 6.25. The van der Waals surface area contributed by atoms with Crippen LogP contribution < -0.4 is 5.32 Å². The maximum atomic E-state index is 12.1. The Kier molecular flexibility index (Phi) is 7.99. The van der Waals surface area contributed by atoms with Crippen molar-refractivity contribution in [1.29, 1.82) is 0 Å². The molecule has 0 saturated heterocycles. The van der Waals surface area contributed by atoms with Gasteiger partial charge in [-0.1, -0.05) is 12.3 Å². The average molecular weight is 545 g/mol. The molecule has 0 aliphatic heterocycles. The monoisotopic (exact) mass is 545 g/mol. The van der Waals surface area contributed by atoms with E-state index in [-0.39, 0.29) is 14.4 Å². The van der Waals surface area contributed by atoms with E-state index in [0.29, 0.717) is 11.6 Å². The lowest BCUT2D eigenvalue weighted by Crippen LogP contribution is -2.38. The van der Waals surface area contributed by atoms with E-state index in [1.165, 1.54) is 12.4 Å². The van der Waals surface area contributed by atoms with Gasteiger partial charge < -0.3 is 5.32 Å². The number of rotatable bonds is 3. The second-order valence-electron chi connectivity index (χ2n) is 4.66. The van der Waals surface area contributed by atoms with E-state index >= 15 is 0 Å². The Labute approximate surface area is 155 Å². The fraction of sp³-hybridized carbons (Fsp3) is 0.462. The Morgan fingerprint density at radius 2 is 2.29 bits per heavy atom. The fourth-order valence-corrected chi connectivity index (χ4v) is 4.70. The van der Waals surface area contributed by atoms with Crippen LogP contribution in [-0.4, -0.2) is 21.9 Å². The van der Waals surface area contributed by atoms with Gasteiger partial charge in [0.1, 0.15) is 5.69 Å². The predicted molar refractivity (Wildman–Crippen MR) is 106 cm³/mol. The molecule has 21 heavy (non-hydrogen) atoms. The Balaban J connectivity index is 1.86. The van der Waals surface area contributed by atoms with Crippen LogP contribution >= 0.6 is 57.9 Å². The summed E-state index contributed by atoms with van der Waals surface area (Å²) in [7, 11) is 0. The summed E-state index contributed by atoms with van der Waals surface area (Å²) in [6, 6.07) is 0.193. The Hall–Kier alpha value is 0.350. The van der Waals surface area contributed by atoms with Crippen LogP contribution in [0.5, 0.6) is 0 Å². The van der Waals surface area contributed by atoms with Gasteiger partial charge in [-0.15, -0.1) is 0 Å². The molecule has 112 valence electrons. The van der Waals surface area contributed by atoms with E-state index < -0.39 is 0 Å². The van der Waals surface area contributed by atoms with Crippen LogP contribution in [0.1, 0.15) is 36.2 Å². The van der Waals surface area contributed by atoms with Crippen LogP contribution in [0.2, 0.25) is 0 Å². The molecule has 1 fully saturated rings. The SMILES string of the molecule is O=C(NC1CCCC(C#CSP(I)I)C1)c1cnccn1. The summed E-state index contributed by atoms with van der Waals surface area (Å²) in [6.07, 6.45) is 8.78. The quantitative estimate of drug-likeness (QED) is 0.344. The molecule has 1 saturated carbocycles. The van der Waals surface area contributed by atoms with Crippen molar-refractivity contribution in [3.63, 3.8) is 0 Å². The highest BCUT2D eigenvalue weighted by atomic mass is 127. The summed E-state index contributed by atoms with van der Waals surface area (Å²) in [4.78, 5) is 20.0. The first-order chi connectivity index (χ1) is 10.1. The van der Waals surface area contributed by atoms with Gasteiger partial charge in [0.2, 0.25) is 0 Å². The Morgan fingerprint density at radius 3 is 3.00 bits per heavy atom. The third kappa shape index (κ3) is 6.55. The molecule has 1 N–H and O–H groups in total. The molecule has 1 aliphatic carbocycles. The van der Waals surface area contributed by atoms with E-state index in [1.54, 1.807) is 17.6 Å². The largest absolute Gasteiger partial charge is 0.348 e. The van der Waals surface area contributed by atoms with E-state index in [1.807, 2.05) is 0 Å². The molecule has 4 nitrogen and oxygen atoms in total. The number of carbonyl (C=O) groups excluding carboxylic acids is 1. The van der Waals surface area contributed by atoms with Crippen molar-refractivity contribution in [2.75, 3.05) is 0 Å². The molecule has 2 unspecified atom stereocenters. The molecular formula is C13H14I2N3OPS. The lowest BCUT2D eigenvalue weighted by Gasteiger charge is -2.26. The molecule has 0 bridgehead atoms. The highest BCUT2D eigenvalue weighted by Gasteiger charge is 2.22. The molecule has 8 heteroatoms. The van der Waals surface area contributed by atoms with Gasteiger partial charge in [-0.3, -0.25) is 9.78 Å². The number of hydrogen-bond donors (Lipinski definition) is 1. The molecule has 1 aromatic rings. The van der Waals surface area contributed by atoms with Crippen molar-refractivity contribution < 1.29 is 4.79 Å². The van der Waals surface area contributed by atoms with Gasteiger partial charge >= 0.3 is 0 Å². The third-order valence-electron chi connectivity index (χ3n) is 3.18. The predicted octanol–water partition coefficient (Wildman–Crippen LogP) is 4.56. The minimum absolute atomic E-state index is 0.0846. The number of halogens is 2. The van der Waals surface area contributed by atoms with Crippen molar-refractivity contribution in [1.82, 2.24) is 15.3 Å². The maximum Gasteiger partial charge on any atom is 0.271 e. The minimum atomic E-state index is -0.140. The summed E-state index contributed by atoms with van der Waals surface area (Å²) in [5.41, 5.74) is 0.377. The normalized spacial score (nSPS) is 21.5. The van der Waals surface area contributed by atoms with Gasteiger partial charge in [0, 0.05) is 24.4 Å². The fourth-order valence-electron chi connectivity index (χ4n) is 2.27. The zero-order valence-electron chi connectivity index (χ0n) is 11.1. The molecule has 0 radical (unpaired) electrons. The van der Waals surface area contributed by atoms with Crippen LogP contribution in [0.25, 0.3) is 0 Å². The molecule has 1 amide bonds. The zero-order chi connectivity index (χ0) is 15.1. The van der Waals surface area contributed by atoms with E-state index in [0.717, 1.165) is 25.7 Å². The van der Waals surface area contributed by atoms with Crippen molar-refractivity contribution in [2.24, 2.45) is 5.92 Å². The maximum absolute atomic E-state index is 12.1. The highest BCUT2D eigenvalue weighted by Crippen LogP contribution is 2.64. The summed E-state index contributed by atoms with van der Waals surface area (Å²) in [5.74, 6) is 3.59. The first-order valence-corrected chi connectivity index (χ1v) is 14.8. The first-order valence-electron chi connectivity index (χ1n) is 6.51. The first kappa shape index (κ1) is 17.7. The number of hydrogen-bond acceptors (Lipinski definition) is 4. The van der Waals surface area contributed by atoms with E-state index in [4.69, 9.17) is 0 Å². The Morgan fingerprint density at radius 1 is 1.43 bits per heavy atom. The number of carbonyl (C=O) groups is 1. The summed E-state index contributed by atoms with van der Waals surface area (Å²) in [6.45, 7) is 0. The standard InChI is InChI=1S/C13H14I2N3OPS/c14-20(15)21-7-4-10-2-1-3-11(8-10)18-13(19)12-9-16-5-6-17-12/h5-6,9-11H,1-3,8H2,(H,18,19). The van der Waals surface area contributed by atoms with Crippen molar-refractivity contribution in [2.45, 2.75) is 31.7 Å². The number of aromatic nitrogens is 2. The van der Waals surface area contributed by atoms with Crippen molar-refractivity contribution >= 4 is 63.8 Å². The van der Waals surface area contributed by atoms with Crippen LogP contribution in [0.15, 0.2) is 18.6 Å². The molecule has 0 aromatic carbocycles. The van der Waals surface area contributed by atoms with Gasteiger partial charge in [0.05, 0.1) is 8.61 Å². The average Bonchev–Trinajstić information content (AvgIpc) is 2.48. The van der Waals surface area contributed by atoms with Crippen LogP contribution in [0, 0.1) is 17.1 Å². The van der Waals surface area contributed by atoms with Crippen LogP contribution in [0.3, 0.4) is 0 Å². The van der Waals surface area contributed by atoms with Gasteiger partial charge in [-0.25, -0.2) is 4.98 Å². The third-order valence-corrected chi connectivity index (χ3v) is 7.76. The number of nitrogens with one attached hydrogen (secondary N) is 1. The van der Waals surface area contributed by atoms with Gasteiger partial charge in [0.25, 0.3) is 5.91 Å². The van der Waals surface area contributed by atoms with Crippen LogP contribution in [-0.2, 0) is 0 Å². The van der Waals surface area contributed by atoms with Crippen molar-refractivity contribution in [3.8, 4) is 11.2 Å². The van der Waals surface area contributed by atoms with E-state index in [2.05, 4.69) is 70.5 Å².